The molecule has 1 unspecified atom stereocenters. The summed E-state index contributed by atoms with van der Waals surface area (Å²) in [7, 11) is 1.41. The van der Waals surface area contributed by atoms with Gasteiger partial charge in [0.05, 0.1) is 13.2 Å². The van der Waals surface area contributed by atoms with Crippen molar-refractivity contribution in [3.05, 3.63) is 9.66 Å². The lowest BCUT2D eigenvalue weighted by Gasteiger charge is -2.10. The lowest BCUT2D eigenvalue weighted by atomic mass is 10.1. The fraction of sp³-hybridized carbons (Fsp3) is 0.571. The summed E-state index contributed by atoms with van der Waals surface area (Å²) in [6, 6.07) is 0.307. The Hall–Kier alpha value is -0.260. The van der Waals surface area contributed by atoms with E-state index in [9.17, 15) is 4.79 Å². The molecule has 0 aromatic carbocycles. The molecule has 3 nitrogen and oxygen atoms in total. The van der Waals surface area contributed by atoms with Gasteiger partial charge in [-0.2, -0.15) is 0 Å². The second-order valence-corrected chi connectivity index (χ2v) is 4.11. The van der Waals surface area contributed by atoms with Gasteiger partial charge in [0.2, 0.25) is 0 Å². The van der Waals surface area contributed by atoms with Gasteiger partial charge < -0.3 is 4.74 Å². The van der Waals surface area contributed by atoms with Crippen LogP contribution < -0.4 is 0 Å². The number of methoxy groups -OCH3 is 1. The predicted octanol–water partition coefficient (Wildman–Crippen LogP) is 1.99. The van der Waals surface area contributed by atoms with Crippen LogP contribution in [0.25, 0.3) is 0 Å². The van der Waals surface area contributed by atoms with E-state index in [1.54, 1.807) is 0 Å². The number of carbonyl (C=O) groups excluding carboxylic acids is 1. The van der Waals surface area contributed by atoms with Gasteiger partial charge in [0, 0.05) is 33.0 Å². The fourth-order valence-electron chi connectivity index (χ4n) is 0.840. The van der Waals surface area contributed by atoms with Crippen LogP contribution in [-0.4, -0.2) is 19.1 Å². The van der Waals surface area contributed by atoms with Crippen LogP contribution in [0.1, 0.15) is 13.3 Å². The standard InChI is InChI=1S/C7H10INO2/c1-5-3-6(4-8-9-5)7(10)11-2/h4-5H,3H2,1-2H3. The van der Waals surface area contributed by atoms with Crippen molar-refractivity contribution in [1.82, 2.24) is 0 Å². The van der Waals surface area contributed by atoms with Crippen LogP contribution in [0.5, 0.6) is 0 Å². The molecular weight excluding hydrogens is 257 g/mol. The molecule has 62 valence electrons. The molecule has 0 N–H and O–H groups in total. The molecule has 1 heterocycles. The fourth-order valence-corrected chi connectivity index (χ4v) is 2.59. The smallest absolute Gasteiger partial charge is 0.334 e. The van der Waals surface area contributed by atoms with Crippen LogP contribution in [-0.2, 0) is 9.53 Å². The molecule has 1 atom stereocenters. The van der Waals surface area contributed by atoms with Crippen LogP contribution in [0.2, 0.25) is 0 Å². The van der Waals surface area contributed by atoms with E-state index < -0.39 is 0 Å². The van der Waals surface area contributed by atoms with Crippen molar-refractivity contribution in [2.24, 2.45) is 3.15 Å². The van der Waals surface area contributed by atoms with Crippen molar-refractivity contribution in [3.63, 3.8) is 0 Å². The summed E-state index contributed by atoms with van der Waals surface area (Å²) in [5, 5.41) is 0. The summed E-state index contributed by atoms with van der Waals surface area (Å²) >= 11 is -0.243. The monoisotopic (exact) mass is 267 g/mol. The van der Waals surface area contributed by atoms with Crippen LogP contribution in [0, 0.1) is 0 Å². The van der Waals surface area contributed by atoms with E-state index in [4.69, 9.17) is 0 Å². The summed E-state index contributed by atoms with van der Waals surface area (Å²) in [5.41, 5.74) is 0.808. The Bertz CT molecular complexity index is 222. The number of hydrogen-bond donors (Lipinski definition) is 0. The van der Waals surface area contributed by atoms with E-state index in [0.717, 1.165) is 12.0 Å². The molecule has 1 aliphatic rings. The Morgan fingerprint density at radius 3 is 3.18 bits per heavy atom. The molecule has 0 bridgehead atoms. The van der Waals surface area contributed by atoms with Gasteiger partial charge in [-0.3, -0.25) is 3.15 Å². The minimum absolute atomic E-state index is 0.188. The van der Waals surface area contributed by atoms with E-state index >= 15 is 0 Å². The van der Waals surface area contributed by atoms with Gasteiger partial charge in [-0.25, -0.2) is 4.79 Å². The molecule has 0 radical (unpaired) electrons. The molecule has 0 aromatic rings. The van der Waals surface area contributed by atoms with Gasteiger partial charge in [0.1, 0.15) is 0 Å². The van der Waals surface area contributed by atoms with Gasteiger partial charge in [0.15, 0.2) is 0 Å². The van der Waals surface area contributed by atoms with Gasteiger partial charge in [0.25, 0.3) is 0 Å². The normalized spacial score (nSPS) is 23.5. The van der Waals surface area contributed by atoms with E-state index in [1.165, 1.54) is 7.11 Å². The van der Waals surface area contributed by atoms with Crippen molar-refractivity contribution in [1.29, 1.82) is 0 Å². The van der Waals surface area contributed by atoms with Crippen molar-refractivity contribution in [3.8, 4) is 0 Å². The number of nitrogens with zero attached hydrogens (tertiary/aromatic N) is 1. The Labute approximate surface area is 76.0 Å². The first kappa shape index (κ1) is 8.83. The summed E-state index contributed by atoms with van der Waals surface area (Å²) in [5.74, 6) is -0.188. The zero-order valence-electron chi connectivity index (χ0n) is 6.50. The van der Waals surface area contributed by atoms with Crippen LogP contribution >= 0.6 is 21.0 Å². The second-order valence-electron chi connectivity index (χ2n) is 2.37. The minimum Gasteiger partial charge on any atom is -0.466 e. The molecule has 0 aliphatic carbocycles. The molecular formula is C7H10INO2. The summed E-state index contributed by atoms with van der Waals surface area (Å²) in [6.07, 6.45) is 0.742. The number of rotatable bonds is 1. The van der Waals surface area contributed by atoms with Crippen LogP contribution in [0.15, 0.2) is 12.8 Å². The number of halogens is 1. The Balaban J connectivity index is 2.66. The van der Waals surface area contributed by atoms with Crippen molar-refractivity contribution in [2.75, 3.05) is 7.11 Å². The third-order valence-corrected chi connectivity index (χ3v) is 3.67. The summed E-state index contributed by atoms with van der Waals surface area (Å²) in [6.45, 7) is 2.02. The number of ether oxygens (including phenoxy) is 1. The molecule has 1 aliphatic heterocycles. The molecule has 0 amide bonds. The predicted molar refractivity (Wildman–Crippen MR) is 50.6 cm³/mol. The van der Waals surface area contributed by atoms with Gasteiger partial charge in [-0.05, 0) is 11.0 Å². The minimum atomic E-state index is -0.243. The molecule has 1 rings (SSSR count). The zero-order valence-corrected chi connectivity index (χ0v) is 8.66. The van der Waals surface area contributed by atoms with E-state index in [1.807, 2.05) is 11.0 Å². The largest absolute Gasteiger partial charge is 0.466 e. The van der Waals surface area contributed by atoms with Gasteiger partial charge >= 0.3 is 5.97 Å². The average Bonchev–Trinajstić information content (AvgIpc) is 2.03. The average molecular weight is 267 g/mol. The lowest BCUT2D eigenvalue weighted by molar-refractivity contribution is -0.136. The van der Waals surface area contributed by atoms with Crippen LogP contribution in [0.4, 0.5) is 0 Å². The maximum atomic E-state index is 11.0. The first-order valence-corrected chi connectivity index (χ1v) is 5.55. The van der Waals surface area contributed by atoms with E-state index in [2.05, 4.69) is 7.88 Å². The van der Waals surface area contributed by atoms with Crippen molar-refractivity contribution < 1.29 is 9.53 Å². The Morgan fingerprint density at radius 1 is 1.91 bits per heavy atom. The second kappa shape index (κ2) is 3.94. The maximum Gasteiger partial charge on any atom is 0.334 e. The summed E-state index contributed by atoms with van der Waals surface area (Å²) in [4.78, 5) is 11.0. The van der Waals surface area contributed by atoms with Crippen molar-refractivity contribution >= 4 is 27.0 Å². The number of esters is 1. The first-order chi connectivity index (χ1) is 5.24. The highest BCUT2D eigenvalue weighted by Crippen LogP contribution is 2.23. The molecule has 11 heavy (non-hydrogen) atoms. The molecule has 0 spiro atoms. The lowest BCUT2D eigenvalue weighted by Crippen LogP contribution is -2.10. The SMILES string of the molecule is COC(=O)C1=CI=NC(C)C1. The van der Waals surface area contributed by atoms with E-state index in [0.29, 0.717) is 6.04 Å². The molecule has 0 aromatic heterocycles. The maximum absolute atomic E-state index is 11.0. The quantitative estimate of drug-likeness (QED) is 0.538. The first-order valence-electron chi connectivity index (χ1n) is 3.34. The third-order valence-electron chi connectivity index (χ3n) is 1.37. The zero-order chi connectivity index (χ0) is 8.27. The molecule has 0 fully saturated rings. The van der Waals surface area contributed by atoms with Gasteiger partial charge in [-0.15, -0.1) is 0 Å². The Kier molecular flexibility index (Phi) is 3.16. The molecule has 0 saturated heterocycles. The summed E-state index contributed by atoms with van der Waals surface area (Å²) < 4.78 is 10.9. The highest BCUT2D eigenvalue weighted by molar-refractivity contribution is 14.2. The van der Waals surface area contributed by atoms with Crippen molar-refractivity contribution in [2.45, 2.75) is 19.4 Å². The van der Waals surface area contributed by atoms with Gasteiger partial charge in [-0.1, -0.05) is 0 Å². The van der Waals surface area contributed by atoms with E-state index in [-0.39, 0.29) is 27.0 Å². The highest BCUT2D eigenvalue weighted by Gasteiger charge is 2.14. The highest BCUT2D eigenvalue weighted by atomic mass is 127. The number of hydrogen-bond acceptors (Lipinski definition) is 3. The van der Waals surface area contributed by atoms with Crippen LogP contribution in [0.3, 0.4) is 0 Å². The topological polar surface area (TPSA) is 38.7 Å². The molecule has 4 heteroatoms. The third kappa shape index (κ3) is 2.36. The Morgan fingerprint density at radius 2 is 2.64 bits per heavy atom. The number of carbonyl (C=O) groups is 1. The molecule has 0 saturated carbocycles.